The summed E-state index contributed by atoms with van der Waals surface area (Å²) in [6, 6.07) is 3.51. The van der Waals surface area contributed by atoms with Gasteiger partial charge >= 0.3 is 0 Å². The molecule has 1 atom stereocenters. The molecule has 0 spiro atoms. The molecule has 1 fully saturated rings. The third kappa shape index (κ3) is 2.71. The maximum Gasteiger partial charge on any atom is 0.274 e. The van der Waals surface area contributed by atoms with Gasteiger partial charge in [0.05, 0.1) is 12.7 Å². The monoisotopic (exact) mass is 271 g/mol. The van der Waals surface area contributed by atoms with Crippen LogP contribution in [-0.4, -0.2) is 50.2 Å². The first-order valence-corrected chi connectivity index (χ1v) is 6.32. The molecule has 7 nitrogen and oxygen atoms in total. The van der Waals surface area contributed by atoms with Crippen LogP contribution in [0.1, 0.15) is 16.9 Å². The summed E-state index contributed by atoms with van der Waals surface area (Å²) in [6.07, 6.45) is 6.82. The highest BCUT2D eigenvalue weighted by molar-refractivity contribution is 5.92. The Bertz CT molecular complexity index is 578. The van der Waals surface area contributed by atoms with Crippen molar-refractivity contribution >= 4 is 5.91 Å². The fraction of sp³-hybridized carbons (Fsp3) is 0.308. The number of likely N-dealkylation sites (tertiary alicyclic amines) is 1. The Balaban J connectivity index is 1.61. The van der Waals surface area contributed by atoms with Crippen LogP contribution in [0.4, 0.5) is 0 Å². The maximum atomic E-state index is 12.2. The van der Waals surface area contributed by atoms with Crippen molar-refractivity contribution in [2.24, 2.45) is 0 Å². The Morgan fingerprint density at radius 1 is 1.35 bits per heavy atom. The van der Waals surface area contributed by atoms with E-state index in [1.807, 2.05) is 0 Å². The fourth-order valence-electron chi connectivity index (χ4n) is 2.10. The van der Waals surface area contributed by atoms with Crippen LogP contribution >= 0.6 is 0 Å². The Morgan fingerprint density at radius 3 is 3.05 bits per heavy atom. The van der Waals surface area contributed by atoms with Crippen molar-refractivity contribution in [3.63, 3.8) is 0 Å². The summed E-state index contributed by atoms with van der Waals surface area (Å²) in [7, 11) is 0. The third-order valence-electron chi connectivity index (χ3n) is 3.05. The molecule has 0 aromatic carbocycles. The first-order chi connectivity index (χ1) is 9.83. The molecule has 1 aliphatic rings. The molecule has 20 heavy (non-hydrogen) atoms. The van der Waals surface area contributed by atoms with E-state index >= 15 is 0 Å². The van der Waals surface area contributed by atoms with E-state index in [9.17, 15) is 4.79 Å². The lowest BCUT2D eigenvalue weighted by atomic mass is 10.3. The quantitative estimate of drug-likeness (QED) is 0.811. The molecule has 1 aliphatic heterocycles. The molecule has 0 N–H and O–H groups in total. The smallest absolute Gasteiger partial charge is 0.274 e. The molecule has 0 unspecified atom stereocenters. The molecule has 3 rings (SSSR count). The van der Waals surface area contributed by atoms with E-state index < -0.39 is 0 Å². The maximum absolute atomic E-state index is 12.2. The minimum absolute atomic E-state index is 0.0627. The molecule has 1 amide bonds. The van der Waals surface area contributed by atoms with Crippen molar-refractivity contribution in [2.45, 2.75) is 12.5 Å². The van der Waals surface area contributed by atoms with E-state index in [2.05, 4.69) is 20.2 Å². The van der Waals surface area contributed by atoms with E-state index in [1.165, 1.54) is 12.4 Å². The minimum atomic E-state index is -0.122. The zero-order valence-electron chi connectivity index (χ0n) is 10.7. The molecule has 102 valence electrons. The van der Waals surface area contributed by atoms with Gasteiger partial charge in [-0.1, -0.05) is 0 Å². The molecule has 3 heterocycles. The second-order valence-electron chi connectivity index (χ2n) is 4.43. The summed E-state index contributed by atoms with van der Waals surface area (Å²) in [5, 5.41) is 7.63. The van der Waals surface area contributed by atoms with Gasteiger partial charge in [0, 0.05) is 37.6 Å². The van der Waals surface area contributed by atoms with Crippen LogP contribution in [0, 0.1) is 0 Å². The van der Waals surface area contributed by atoms with Crippen molar-refractivity contribution in [2.75, 3.05) is 13.1 Å². The molecule has 0 saturated carbocycles. The van der Waals surface area contributed by atoms with Crippen molar-refractivity contribution in [1.82, 2.24) is 25.1 Å². The Kier molecular flexibility index (Phi) is 3.49. The second kappa shape index (κ2) is 5.60. The lowest BCUT2D eigenvalue weighted by Crippen LogP contribution is -2.31. The normalized spacial score (nSPS) is 18.0. The molecule has 2 aromatic rings. The Hall–Kier alpha value is -2.57. The minimum Gasteiger partial charge on any atom is -0.471 e. The lowest BCUT2D eigenvalue weighted by Gasteiger charge is -2.16. The number of hydrogen-bond donors (Lipinski definition) is 0. The lowest BCUT2D eigenvalue weighted by molar-refractivity contribution is 0.0764. The highest BCUT2D eigenvalue weighted by Gasteiger charge is 2.29. The SMILES string of the molecule is O=C(c1cnccn1)N1CC[C@@H](Oc2cccnn2)C1. The Morgan fingerprint density at radius 2 is 2.30 bits per heavy atom. The predicted molar refractivity (Wildman–Crippen MR) is 69.0 cm³/mol. The van der Waals surface area contributed by atoms with Crippen molar-refractivity contribution < 1.29 is 9.53 Å². The third-order valence-corrected chi connectivity index (χ3v) is 3.05. The van der Waals surface area contributed by atoms with Gasteiger partial charge in [-0.3, -0.25) is 9.78 Å². The first-order valence-electron chi connectivity index (χ1n) is 6.32. The summed E-state index contributed by atoms with van der Waals surface area (Å²) in [5.74, 6) is 0.356. The van der Waals surface area contributed by atoms with Crippen LogP contribution in [0.15, 0.2) is 36.9 Å². The average molecular weight is 271 g/mol. The number of carbonyl (C=O) groups is 1. The van der Waals surface area contributed by atoms with Crippen LogP contribution in [-0.2, 0) is 0 Å². The molecule has 7 heteroatoms. The van der Waals surface area contributed by atoms with Gasteiger partial charge in [-0.15, -0.1) is 5.10 Å². The Labute approximate surface area is 115 Å². The highest BCUT2D eigenvalue weighted by atomic mass is 16.5. The van der Waals surface area contributed by atoms with Gasteiger partial charge in [-0.2, -0.15) is 5.10 Å². The number of nitrogens with zero attached hydrogens (tertiary/aromatic N) is 5. The number of carbonyl (C=O) groups excluding carboxylic acids is 1. The van der Waals surface area contributed by atoms with Gasteiger partial charge in [0.15, 0.2) is 0 Å². The van der Waals surface area contributed by atoms with Crippen molar-refractivity contribution in [1.29, 1.82) is 0 Å². The summed E-state index contributed by atoms with van der Waals surface area (Å²) in [4.78, 5) is 21.8. The zero-order valence-corrected chi connectivity index (χ0v) is 10.7. The topological polar surface area (TPSA) is 81.1 Å². The average Bonchev–Trinajstić information content (AvgIpc) is 2.97. The molecular weight excluding hydrogens is 258 g/mol. The highest BCUT2D eigenvalue weighted by Crippen LogP contribution is 2.17. The summed E-state index contributed by atoms with van der Waals surface area (Å²) in [5.41, 5.74) is 0.354. The van der Waals surface area contributed by atoms with E-state index in [4.69, 9.17) is 4.74 Å². The van der Waals surface area contributed by atoms with Gasteiger partial charge in [-0.05, 0) is 6.07 Å². The predicted octanol–water partition coefficient (Wildman–Crippen LogP) is 0.560. The molecule has 0 radical (unpaired) electrons. The van der Waals surface area contributed by atoms with E-state index in [0.29, 0.717) is 24.7 Å². The van der Waals surface area contributed by atoms with E-state index in [1.54, 1.807) is 29.4 Å². The number of rotatable bonds is 3. The number of ether oxygens (including phenoxy) is 1. The number of aromatic nitrogens is 4. The van der Waals surface area contributed by atoms with Gasteiger partial charge in [0.25, 0.3) is 5.91 Å². The first kappa shape index (κ1) is 12.5. The van der Waals surface area contributed by atoms with Crippen LogP contribution in [0.5, 0.6) is 5.88 Å². The van der Waals surface area contributed by atoms with Crippen molar-refractivity contribution in [3.8, 4) is 5.88 Å². The van der Waals surface area contributed by atoms with Crippen molar-refractivity contribution in [3.05, 3.63) is 42.6 Å². The second-order valence-corrected chi connectivity index (χ2v) is 4.43. The number of hydrogen-bond acceptors (Lipinski definition) is 6. The van der Waals surface area contributed by atoms with E-state index in [-0.39, 0.29) is 12.0 Å². The van der Waals surface area contributed by atoms with Gasteiger partial charge in [-0.25, -0.2) is 4.98 Å². The molecule has 1 saturated heterocycles. The zero-order chi connectivity index (χ0) is 13.8. The van der Waals surface area contributed by atoms with Crippen LogP contribution in [0.3, 0.4) is 0 Å². The van der Waals surface area contributed by atoms with E-state index in [0.717, 1.165) is 6.42 Å². The summed E-state index contributed by atoms with van der Waals surface area (Å²) < 4.78 is 5.69. The van der Waals surface area contributed by atoms with Gasteiger partial charge in [0.2, 0.25) is 5.88 Å². The van der Waals surface area contributed by atoms with Crippen LogP contribution in [0.2, 0.25) is 0 Å². The number of amides is 1. The molecule has 0 aliphatic carbocycles. The summed E-state index contributed by atoms with van der Waals surface area (Å²) in [6.45, 7) is 1.16. The largest absolute Gasteiger partial charge is 0.471 e. The standard InChI is InChI=1S/C13H13N5O2/c19-13(11-8-14-5-6-15-11)18-7-3-10(9-18)20-12-2-1-4-16-17-12/h1-2,4-6,8,10H,3,7,9H2/t10-/m1/s1. The molecule has 0 bridgehead atoms. The van der Waals surface area contributed by atoms with Crippen LogP contribution < -0.4 is 4.74 Å². The van der Waals surface area contributed by atoms with Gasteiger partial charge < -0.3 is 9.64 Å². The summed E-state index contributed by atoms with van der Waals surface area (Å²) >= 11 is 0. The fourth-order valence-corrected chi connectivity index (χ4v) is 2.10. The van der Waals surface area contributed by atoms with Crippen LogP contribution in [0.25, 0.3) is 0 Å². The van der Waals surface area contributed by atoms with Gasteiger partial charge in [0.1, 0.15) is 11.8 Å². The molecular formula is C13H13N5O2. The molecule has 2 aromatic heterocycles.